The Balaban J connectivity index is 2.54. The molecule has 0 aliphatic rings. The average Bonchev–Trinajstić information content (AvgIpc) is 2.42. The van der Waals surface area contributed by atoms with Crippen molar-refractivity contribution in [1.29, 1.82) is 5.26 Å². The number of amides is 1. The molecule has 0 heterocycles. The number of rotatable bonds is 7. The van der Waals surface area contributed by atoms with Crippen molar-refractivity contribution in [2.75, 3.05) is 12.0 Å². The number of aldehydes is 1. The van der Waals surface area contributed by atoms with Gasteiger partial charge in [0.1, 0.15) is 6.29 Å². The van der Waals surface area contributed by atoms with E-state index in [1.807, 2.05) is 6.07 Å². The van der Waals surface area contributed by atoms with Crippen LogP contribution in [0.3, 0.4) is 0 Å². The van der Waals surface area contributed by atoms with Gasteiger partial charge in [0.2, 0.25) is 0 Å². The second-order valence-electron chi connectivity index (χ2n) is 3.90. The fourth-order valence-corrected chi connectivity index (χ4v) is 1.47. The third-order valence-corrected chi connectivity index (χ3v) is 2.46. The van der Waals surface area contributed by atoms with Gasteiger partial charge in [-0.3, -0.25) is 5.43 Å². The Kier molecular flexibility index (Phi) is 5.89. The van der Waals surface area contributed by atoms with Crippen molar-refractivity contribution in [1.82, 2.24) is 5.01 Å². The van der Waals surface area contributed by atoms with E-state index in [-0.39, 0.29) is 0 Å². The number of hydrogen-bond acceptors (Lipinski definition) is 4. The zero-order valence-corrected chi connectivity index (χ0v) is 10.4. The molecule has 0 aliphatic heterocycles. The highest BCUT2D eigenvalue weighted by Crippen LogP contribution is 2.10. The minimum atomic E-state index is -1.09. The van der Waals surface area contributed by atoms with Crippen LogP contribution in [0.1, 0.15) is 24.8 Å². The number of nitrogens with zero attached hydrogens (tertiary/aromatic N) is 2. The molecule has 1 amide bonds. The van der Waals surface area contributed by atoms with Gasteiger partial charge in [-0.15, -0.1) is 0 Å². The molecule has 2 N–H and O–H groups in total. The summed E-state index contributed by atoms with van der Waals surface area (Å²) >= 11 is 0. The maximum atomic E-state index is 11.0. The van der Waals surface area contributed by atoms with Gasteiger partial charge >= 0.3 is 6.09 Å². The van der Waals surface area contributed by atoms with Crippen LogP contribution >= 0.6 is 0 Å². The smallest absolute Gasteiger partial charge is 0.426 e. The van der Waals surface area contributed by atoms with Crippen molar-refractivity contribution in [3.05, 3.63) is 29.8 Å². The Hall–Kier alpha value is -2.55. The second-order valence-corrected chi connectivity index (χ2v) is 3.90. The van der Waals surface area contributed by atoms with E-state index >= 15 is 0 Å². The summed E-state index contributed by atoms with van der Waals surface area (Å²) in [7, 11) is 0. The zero-order valence-electron chi connectivity index (χ0n) is 10.4. The molecule has 100 valence electrons. The van der Waals surface area contributed by atoms with Crippen molar-refractivity contribution in [2.24, 2.45) is 0 Å². The van der Waals surface area contributed by atoms with Crippen LogP contribution in [0.5, 0.6) is 0 Å². The molecular weight excluding hydrogens is 246 g/mol. The second kappa shape index (κ2) is 7.71. The summed E-state index contributed by atoms with van der Waals surface area (Å²) in [5.41, 5.74) is 3.85. The standard InChI is InChI=1S/C13H15N3O3/c14-10-11-4-6-12(7-5-11)15-16(13(18)19)8-2-1-3-9-17/h4-7,9,15H,1-3,8H2,(H,18,19). The number of benzene rings is 1. The Bertz CT molecular complexity index is 465. The Labute approximate surface area is 111 Å². The summed E-state index contributed by atoms with van der Waals surface area (Å²) in [6.45, 7) is 0.295. The lowest BCUT2D eigenvalue weighted by molar-refractivity contribution is -0.107. The lowest BCUT2D eigenvalue weighted by Crippen LogP contribution is -2.35. The van der Waals surface area contributed by atoms with E-state index in [0.29, 0.717) is 37.1 Å². The van der Waals surface area contributed by atoms with Gasteiger partial charge in [0, 0.05) is 13.0 Å². The van der Waals surface area contributed by atoms with Gasteiger partial charge in [-0.2, -0.15) is 5.26 Å². The first kappa shape index (κ1) is 14.5. The van der Waals surface area contributed by atoms with Gasteiger partial charge in [-0.25, -0.2) is 9.80 Å². The van der Waals surface area contributed by atoms with Gasteiger partial charge in [0.05, 0.1) is 17.3 Å². The fraction of sp³-hybridized carbons (Fsp3) is 0.308. The van der Waals surface area contributed by atoms with E-state index in [2.05, 4.69) is 5.43 Å². The monoisotopic (exact) mass is 261 g/mol. The van der Waals surface area contributed by atoms with Crippen LogP contribution in [-0.4, -0.2) is 29.0 Å². The summed E-state index contributed by atoms with van der Waals surface area (Å²) in [6, 6.07) is 8.48. The average molecular weight is 261 g/mol. The molecule has 0 bridgehead atoms. The number of carboxylic acid groups (broad SMARTS) is 1. The molecule has 0 fully saturated rings. The summed E-state index contributed by atoms with van der Waals surface area (Å²) in [5.74, 6) is 0. The van der Waals surface area contributed by atoms with E-state index in [0.717, 1.165) is 11.3 Å². The molecule has 0 saturated heterocycles. The molecule has 6 nitrogen and oxygen atoms in total. The van der Waals surface area contributed by atoms with E-state index in [1.165, 1.54) is 0 Å². The van der Waals surface area contributed by atoms with Gasteiger partial charge in [-0.1, -0.05) is 0 Å². The van der Waals surface area contributed by atoms with E-state index in [1.54, 1.807) is 24.3 Å². The molecule has 1 aromatic rings. The molecule has 1 rings (SSSR count). The van der Waals surface area contributed by atoms with Crippen molar-refractivity contribution >= 4 is 18.1 Å². The molecular formula is C13H15N3O3. The van der Waals surface area contributed by atoms with Gasteiger partial charge in [0.15, 0.2) is 0 Å². The van der Waals surface area contributed by atoms with Gasteiger partial charge in [-0.05, 0) is 37.1 Å². The van der Waals surface area contributed by atoms with Crippen LogP contribution in [0.25, 0.3) is 0 Å². The van der Waals surface area contributed by atoms with Crippen LogP contribution in [0.15, 0.2) is 24.3 Å². The third-order valence-electron chi connectivity index (χ3n) is 2.46. The van der Waals surface area contributed by atoms with E-state index in [4.69, 9.17) is 10.4 Å². The van der Waals surface area contributed by atoms with Crippen LogP contribution in [0.2, 0.25) is 0 Å². The summed E-state index contributed by atoms with van der Waals surface area (Å²) < 4.78 is 0. The van der Waals surface area contributed by atoms with Crippen LogP contribution in [0, 0.1) is 11.3 Å². The lowest BCUT2D eigenvalue weighted by atomic mass is 10.2. The highest BCUT2D eigenvalue weighted by atomic mass is 16.4. The van der Waals surface area contributed by atoms with E-state index in [9.17, 15) is 9.59 Å². The minimum absolute atomic E-state index is 0.295. The molecule has 0 saturated carbocycles. The largest absolute Gasteiger partial charge is 0.464 e. The van der Waals surface area contributed by atoms with E-state index < -0.39 is 6.09 Å². The molecule has 0 aliphatic carbocycles. The SMILES string of the molecule is N#Cc1ccc(NN(CCCCC=O)C(=O)O)cc1. The molecule has 6 heteroatoms. The normalized spacial score (nSPS) is 9.42. The summed E-state index contributed by atoms with van der Waals surface area (Å²) in [5, 5.41) is 18.8. The maximum absolute atomic E-state index is 11.0. The topological polar surface area (TPSA) is 93.4 Å². The lowest BCUT2D eigenvalue weighted by Gasteiger charge is -2.21. The molecule has 1 aromatic carbocycles. The quantitative estimate of drug-likeness (QED) is 0.446. The maximum Gasteiger partial charge on any atom is 0.426 e. The fourth-order valence-electron chi connectivity index (χ4n) is 1.47. The number of nitrogens with one attached hydrogen (secondary N) is 1. The molecule has 0 atom stereocenters. The minimum Gasteiger partial charge on any atom is -0.464 e. The van der Waals surface area contributed by atoms with Crippen LogP contribution in [-0.2, 0) is 4.79 Å². The Morgan fingerprint density at radius 3 is 2.58 bits per heavy atom. The van der Waals surface area contributed by atoms with Crippen LogP contribution in [0.4, 0.5) is 10.5 Å². The predicted molar refractivity (Wildman–Crippen MR) is 69.4 cm³/mol. The molecule has 0 spiro atoms. The number of anilines is 1. The Morgan fingerprint density at radius 2 is 2.05 bits per heavy atom. The highest BCUT2D eigenvalue weighted by molar-refractivity contribution is 5.67. The van der Waals surface area contributed by atoms with Crippen molar-refractivity contribution in [3.8, 4) is 6.07 Å². The highest BCUT2D eigenvalue weighted by Gasteiger charge is 2.10. The number of carbonyl (C=O) groups excluding carboxylic acids is 1. The number of hydrazine groups is 1. The number of nitriles is 1. The van der Waals surface area contributed by atoms with Crippen molar-refractivity contribution < 1.29 is 14.7 Å². The van der Waals surface area contributed by atoms with Gasteiger partial charge in [0.25, 0.3) is 0 Å². The first-order valence-electron chi connectivity index (χ1n) is 5.88. The Morgan fingerprint density at radius 1 is 1.37 bits per heavy atom. The first-order chi connectivity index (χ1) is 9.17. The summed E-state index contributed by atoms with van der Waals surface area (Å²) in [6.07, 6.45) is 1.43. The number of carbonyl (C=O) groups is 2. The van der Waals surface area contributed by atoms with Gasteiger partial charge < -0.3 is 9.90 Å². The summed E-state index contributed by atoms with van der Waals surface area (Å²) in [4.78, 5) is 21.2. The van der Waals surface area contributed by atoms with Crippen molar-refractivity contribution in [2.45, 2.75) is 19.3 Å². The predicted octanol–water partition coefficient (Wildman–Crippen LogP) is 2.23. The number of unbranched alkanes of at least 4 members (excludes halogenated alkanes) is 2. The third kappa shape index (κ3) is 5.08. The first-order valence-corrected chi connectivity index (χ1v) is 5.88. The molecule has 0 radical (unpaired) electrons. The van der Waals surface area contributed by atoms with Crippen molar-refractivity contribution in [3.63, 3.8) is 0 Å². The molecule has 0 unspecified atom stereocenters. The molecule has 19 heavy (non-hydrogen) atoms. The number of hydrogen-bond donors (Lipinski definition) is 2. The zero-order chi connectivity index (χ0) is 14.1. The molecule has 0 aromatic heterocycles. The van der Waals surface area contributed by atoms with Crippen LogP contribution < -0.4 is 5.43 Å².